The molecule has 6 heteroatoms. The standard InChI is InChI=1S/C23H32N4O2/c1-7-9-15(13-28)17-12-27(5)22-21(17)24-18(8-2)20(26-22)16-10-11-19(14(3)4)25-23(16)29-6/h10-12,14-15,28H,7-9,13H2,1-6H3/t15-/m0/s1. The topological polar surface area (TPSA) is 73.1 Å². The van der Waals surface area contributed by atoms with Gasteiger partial charge in [-0.2, -0.15) is 0 Å². The minimum Gasteiger partial charge on any atom is -0.480 e. The molecule has 0 bridgehead atoms. The van der Waals surface area contributed by atoms with E-state index in [2.05, 4.69) is 38.9 Å². The Kier molecular flexibility index (Phi) is 6.52. The highest BCUT2D eigenvalue weighted by molar-refractivity contribution is 5.81. The van der Waals surface area contributed by atoms with Crippen LogP contribution in [0.25, 0.3) is 22.4 Å². The highest BCUT2D eigenvalue weighted by atomic mass is 16.5. The summed E-state index contributed by atoms with van der Waals surface area (Å²) in [6, 6.07) is 4.07. The van der Waals surface area contributed by atoms with E-state index in [1.807, 2.05) is 23.7 Å². The Morgan fingerprint density at radius 1 is 1.14 bits per heavy atom. The Morgan fingerprint density at radius 3 is 2.48 bits per heavy atom. The second-order valence-corrected chi connectivity index (χ2v) is 7.86. The maximum absolute atomic E-state index is 9.90. The van der Waals surface area contributed by atoms with Gasteiger partial charge in [0.1, 0.15) is 5.52 Å². The van der Waals surface area contributed by atoms with Crippen LogP contribution < -0.4 is 4.74 Å². The first-order valence-electron chi connectivity index (χ1n) is 10.5. The Morgan fingerprint density at radius 2 is 1.90 bits per heavy atom. The van der Waals surface area contributed by atoms with E-state index in [-0.39, 0.29) is 12.5 Å². The van der Waals surface area contributed by atoms with Crippen LogP contribution in [0.2, 0.25) is 0 Å². The number of aromatic nitrogens is 4. The van der Waals surface area contributed by atoms with Gasteiger partial charge in [-0.15, -0.1) is 0 Å². The summed E-state index contributed by atoms with van der Waals surface area (Å²) in [6.07, 6.45) is 4.74. The molecule has 0 spiro atoms. The number of methoxy groups -OCH3 is 1. The quantitative estimate of drug-likeness (QED) is 0.602. The minimum absolute atomic E-state index is 0.0788. The van der Waals surface area contributed by atoms with Crippen molar-refractivity contribution >= 4 is 11.2 Å². The van der Waals surface area contributed by atoms with Crippen molar-refractivity contribution in [2.75, 3.05) is 13.7 Å². The molecular formula is C23H32N4O2. The molecule has 0 saturated carbocycles. The average Bonchev–Trinajstić information content (AvgIpc) is 3.05. The molecule has 3 rings (SSSR count). The van der Waals surface area contributed by atoms with Gasteiger partial charge in [-0.3, -0.25) is 0 Å². The summed E-state index contributed by atoms with van der Waals surface area (Å²) in [7, 11) is 3.62. The highest BCUT2D eigenvalue weighted by Gasteiger charge is 2.22. The normalized spacial score (nSPS) is 12.7. The average molecular weight is 397 g/mol. The second kappa shape index (κ2) is 8.91. The predicted molar refractivity (Wildman–Crippen MR) is 116 cm³/mol. The molecule has 0 radical (unpaired) electrons. The van der Waals surface area contributed by atoms with Crippen molar-refractivity contribution in [2.45, 2.75) is 58.8 Å². The largest absolute Gasteiger partial charge is 0.480 e. The van der Waals surface area contributed by atoms with Crippen molar-refractivity contribution in [3.05, 3.63) is 35.3 Å². The van der Waals surface area contributed by atoms with Gasteiger partial charge < -0.3 is 14.4 Å². The van der Waals surface area contributed by atoms with E-state index in [1.54, 1.807) is 7.11 Å². The van der Waals surface area contributed by atoms with Crippen molar-refractivity contribution in [2.24, 2.45) is 7.05 Å². The zero-order chi connectivity index (χ0) is 21.1. The lowest BCUT2D eigenvalue weighted by Gasteiger charge is -2.14. The lowest BCUT2D eigenvalue weighted by molar-refractivity contribution is 0.259. The van der Waals surface area contributed by atoms with Crippen molar-refractivity contribution in [1.82, 2.24) is 19.5 Å². The van der Waals surface area contributed by atoms with Crippen LogP contribution in [0.3, 0.4) is 0 Å². The monoisotopic (exact) mass is 396 g/mol. The van der Waals surface area contributed by atoms with Gasteiger partial charge in [0.2, 0.25) is 5.88 Å². The summed E-state index contributed by atoms with van der Waals surface area (Å²) >= 11 is 0. The molecule has 0 saturated heterocycles. The minimum atomic E-state index is 0.0788. The number of aliphatic hydroxyl groups excluding tert-OH is 1. The fourth-order valence-corrected chi connectivity index (χ4v) is 3.80. The number of hydrogen-bond acceptors (Lipinski definition) is 5. The fraction of sp³-hybridized carbons (Fsp3) is 0.522. The Labute approximate surface area is 173 Å². The molecule has 0 aliphatic carbocycles. The van der Waals surface area contributed by atoms with Crippen molar-refractivity contribution < 1.29 is 9.84 Å². The predicted octanol–water partition coefficient (Wildman–Crippen LogP) is 4.60. The van der Waals surface area contributed by atoms with Gasteiger partial charge in [0.05, 0.1) is 30.7 Å². The summed E-state index contributed by atoms with van der Waals surface area (Å²) in [6.45, 7) is 8.57. The summed E-state index contributed by atoms with van der Waals surface area (Å²) in [5.74, 6) is 0.977. The first-order chi connectivity index (χ1) is 13.9. The van der Waals surface area contributed by atoms with Gasteiger partial charge in [0.25, 0.3) is 0 Å². The van der Waals surface area contributed by atoms with Crippen LogP contribution in [0.4, 0.5) is 0 Å². The van der Waals surface area contributed by atoms with Crippen molar-refractivity contribution in [3.8, 4) is 17.1 Å². The van der Waals surface area contributed by atoms with Crippen LogP contribution in [-0.4, -0.2) is 38.3 Å². The lowest BCUT2D eigenvalue weighted by Crippen LogP contribution is -2.05. The van der Waals surface area contributed by atoms with Gasteiger partial charge >= 0.3 is 0 Å². The van der Waals surface area contributed by atoms with E-state index in [0.29, 0.717) is 11.8 Å². The van der Waals surface area contributed by atoms with E-state index in [0.717, 1.165) is 58.6 Å². The molecule has 3 aromatic heterocycles. The molecule has 0 aliphatic rings. The number of ether oxygens (including phenoxy) is 1. The lowest BCUT2D eigenvalue weighted by atomic mass is 9.97. The zero-order valence-corrected chi connectivity index (χ0v) is 18.4. The number of hydrogen-bond donors (Lipinski definition) is 1. The van der Waals surface area contributed by atoms with E-state index < -0.39 is 0 Å². The molecular weight excluding hydrogens is 364 g/mol. The number of aliphatic hydroxyl groups is 1. The summed E-state index contributed by atoms with van der Waals surface area (Å²) in [4.78, 5) is 14.7. The Balaban J connectivity index is 2.21. The maximum Gasteiger partial charge on any atom is 0.222 e. The van der Waals surface area contributed by atoms with Gasteiger partial charge in [-0.05, 0) is 30.9 Å². The van der Waals surface area contributed by atoms with Crippen LogP contribution >= 0.6 is 0 Å². The number of fused-ring (bicyclic) bond motifs is 1. The van der Waals surface area contributed by atoms with Crippen LogP contribution in [0, 0.1) is 0 Å². The highest BCUT2D eigenvalue weighted by Crippen LogP contribution is 2.34. The molecule has 0 amide bonds. The van der Waals surface area contributed by atoms with Crippen LogP contribution in [0.5, 0.6) is 5.88 Å². The smallest absolute Gasteiger partial charge is 0.222 e. The number of aryl methyl sites for hydroxylation is 2. The van der Waals surface area contributed by atoms with Crippen LogP contribution in [0.15, 0.2) is 18.3 Å². The third-order valence-electron chi connectivity index (χ3n) is 5.44. The van der Waals surface area contributed by atoms with E-state index in [4.69, 9.17) is 14.7 Å². The number of pyridine rings is 1. The summed E-state index contributed by atoms with van der Waals surface area (Å²) < 4.78 is 7.61. The molecule has 0 unspecified atom stereocenters. The summed E-state index contributed by atoms with van der Waals surface area (Å²) in [5.41, 5.74) is 6.34. The zero-order valence-electron chi connectivity index (χ0n) is 18.4. The summed E-state index contributed by atoms with van der Waals surface area (Å²) in [5, 5.41) is 9.90. The molecule has 0 aliphatic heterocycles. The molecule has 3 aromatic rings. The number of nitrogens with zero attached hydrogens (tertiary/aromatic N) is 4. The molecule has 0 aromatic carbocycles. The van der Waals surface area contributed by atoms with Gasteiger partial charge in [0, 0.05) is 30.4 Å². The Hall–Kier alpha value is -2.47. The van der Waals surface area contributed by atoms with Crippen LogP contribution in [-0.2, 0) is 13.5 Å². The van der Waals surface area contributed by atoms with Crippen molar-refractivity contribution in [3.63, 3.8) is 0 Å². The molecule has 1 atom stereocenters. The first kappa shape index (κ1) is 21.2. The molecule has 1 N–H and O–H groups in total. The SMILES string of the molecule is CCC[C@@H](CO)c1cn(C)c2nc(-c3ccc(C(C)C)nc3OC)c(CC)nc12. The number of rotatable bonds is 8. The van der Waals surface area contributed by atoms with E-state index in [1.165, 1.54) is 0 Å². The fourth-order valence-electron chi connectivity index (χ4n) is 3.80. The maximum atomic E-state index is 9.90. The molecule has 156 valence electrons. The molecule has 6 nitrogen and oxygen atoms in total. The third-order valence-corrected chi connectivity index (χ3v) is 5.44. The third kappa shape index (κ3) is 3.99. The van der Waals surface area contributed by atoms with Gasteiger partial charge in [-0.25, -0.2) is 15.0 Å². The molecule has 3 heterocycles. The van der Waals surface area contributed by atoms with E-state index >= 15 is 0 Å². The second-order valence-electron chi connectivity index (χ2n) is 7.86. The van der Waals surface area contributed by atoms with Gasteiger partial charge in [-0.1, -0.05) is 34.1 Å². The molecule has 29 heavy (non-hydrogen) atoms. The van der Waals surface area contributed by atoms with Crippen molar-refractivity contribution in [1.29, 1.82) is 0 Å². The molecule has 0 fully saturated rings. The van der Waals surface area contributed by atoms with Gasteiger partial charge in [0.15, 0.2) is 5.65 Å². The van der Waals surface area contributed by atoms with E-state index in [9.17, 15) is 5.11 Å². The Bertz CT molecular complexity index is 994. The first-order valence-corrected chi connectivity index (χ1v) is 10.5. The van der Waals surface area contributed by atoms with Crippen LogP contribution in [0.1, 0.15) is 69.3 Å².